The van der Waals surface area contributed by atoms with Gasteiger partial charge in [0.25, 0.3) is 0 Å². The van der Waals surface area contributed by atoms with E-state index in [0.717, 1.165) is 57.3 Å². The standard InChI is InChI=1S/C28H25N3O4/c1-2-6-21-24(12-11-22-27(31-35-28(21)22)19-7-4-3-5-8-19)34-14-13-25-29-17-20-10-9-18(16-26(32)33)15-23(20)30-25/h3-5,7-12,15,17H,2,6,13-14,16H2,1H3,(H,32,33). The van der Waals surface area contributed by atoms with Crippen molar-refractivity contribution in [2.45, 2.75) is 32.6 Å². The predicted octanol–water partition coefficient (Wildman–Crippen LogP) is 5.64. The molecule has 0 aliphatic carbocycles. The van der Waals surface area contributed by atoms with Crippen LogP contribution in [0.2, 0.25) is 0 Å². The molecule has 0 unspecified atom stereocenters. The normalized spacial score (nSPS) is 11.2. The Morgan fingerprint density at radius 2 is 1.91 bits per heavy atom. The number of aryl methyl sites for hydroxylation is 1. The third kappa shape index (κ3) is 4.84. The number of nitrogens with zero attached hydrogens (tertiary/aromatic N) is 3. The molecule has 0 aliphatic heterocycles. The lowest BCUT2D eigenvalue weighted by Crippen LogP contribution is -2.07. The van der Waals surface area contributed by atoms with E-state index in [9.17, 15) is 4.79 Å². The van der Waals surface area contributed by atoms with Crippen molar-refractivity contribution < 1.29 is 19.2 Å². The first-order valence-corrected chi connectivity index (χ1v) is 11.7. The highest BCUT2D eigenvalue weighted by Gasteiger charge is 2.17. The van der Waals surface area contributed by atoms with Crippen LogP contribution in [0.5, 0.6) is 5.75 Å². The zero-order chi connectivity index (χ0) is 24.2. The van der Waals surface area contributed by atoms with Crippen LogP contribution in [-0.4, -0.2) is 32.8 Å². The molecule has 5 aromatic rings. The summed E-state index contributed by atoms with van der Waals surface area (Å²) in [7, 11) is 0. The van der Waals surface area contributed by atoms with Crippen molar-refractivity contribution in [3.8, 4) is 17.0 Å². The number of carbonyl (C=O) groups is 1. The molecule has 35 heavy (non-hydrogen) atoms. The number of benzene rings is 3. The summed E-state index contributed by atoms with van der Waals surface area (Å²) < 4.78 is 11.9. The minimum Gasteiger partial charge on any atom is -0.493 e. The molecular weight excluding hydrogens is 442 g/mol. The van der Waals surface area contributed by atoms with Crippen LogP contribution in [0.25, 0.3) is 33.1 Å². The summed E-state index contributed by atoms with van der Waals surface area (Å²) in [6.45, 7) is 2.53. The van der Waals surface area contributed by atoms with Gasteiger partial charge in [-0.05, 0) is 30.2 Å². The molecule has 3 aromatic carbocycles. The zero-order valence-electron chi connectivity index (χ0n) is 19.4. The number of aliphatic carboxylic acids is 1. The number of carboxylic acid groups (broad SMARTS) is 1. The molecule has 0 radical (unpaired) electrons. The van der Waals surface area contributed by atoms with Crippen LogP contribution in [0.1, 0.15) is 30.3 Å². The third-order valence-electron chi connectivity index (χ3n) is 5.88. The Morgan fingerprint density at radius 3 is 2.71 bits per heavy atom. The molecule has 0 saturated carbocycles. The lowest BCUT2D eigenvalue weighted by molar-refractivity contribution is -0.136. The molecule has 0 atom stereocenters. The maximum Gasteiger partial charge on any atom is 0.307 e. The second-order valence-electron chi connectivity index (χ2n) is 8.41. The van der Waals surface area contributed by atoms with Crippen LogP contribution in [0, 0.1) is 0 Å². The van der Waals surface area contributed by atoms with Crippen molar-refractivity contribution in [3.63, 3.8) is 0 Å². The van der Waals surface area contributed by atoms with Gasteiger partial charge >= 0.3 is 5.97 Å². The average molecular weight is 468 g/mol. The van der Waals surface area contributed by atoms with E-state index in [-0.39, 0.29) is 6.42 Å². The quantitative estimate of drug-likeness (QED) is 0.299. The van der Waals surface area contributed by atoms with Crippen LogP contribution in [-0.2, 0) is 24.1 Å². The van der Waals surface area contributed by atoms with E-state index < -0.39 is 5.97 Å². The monoisotopic (exact) mass is 467 g/mol. The summed E-state index contributed by atoms with van der Waals surface area (Å²) in [5.41, 5.74) is 5.06. The van der Waals surface area contributed by atoms with E-state index in [1.807, 2.05) is 48.5 Å². The van der Waals surface area contributed by atoms with Crippen molar-refractivity contribution in [2.24, 2.45) is 0 Å². The lowest BCUT2D eigenvalue weighted by atomic mass is 10.0. The van der Waals surface area contributed by atoms with Gasteiger partial charge in [0.15, 0.2) is 5.58 Å². The molecule has 7 nitrogen and oxygen atoms in total. The molecular formula is C28H25N3O4. The van der Waals surface area contributed by atoms with Gasteiger partial charge < -0.3 is 14.4 Å². The van der Waals surface area contributed by atoms with Gasteiger partial charge in [0.2, 0.25) is 0 Å². The van der Waals surface area contributed by atoms with Crippen molar-refractivity contribution in [2.75, 3.05) is 6.61 Å². The van der Waals surface area contributed by atoms with Gasteiger partial charge in [-0.25, -0.2) is 9.97 Å². The second kappa shape index (κ2) is 9.93. The molecule has 1 N–H and O–H groups in total. The summed E-state index contributed by atoms with van der Waals surface area (Å²) in [5.74, 6) is 0.559. The van der Waals surface area contributed by atoms with Crippen LogP contribution >= 0.6 is 0 Å². The molecule has 7 heteroatoms. The summed E-state index contributed by atoms with van der Waals surface area (Å²) in [6.07, 6.45) is 4.01. The first kappa shape index (κ1) is 22.5. The Morgan fingerprint density at radius 1 is 1.06 bits per heavy atom. The Bertz CT molecular complexity index is 1490. The highest BCUT2D eigenvalue weighted by atomic mass is 16.5. The smallest absolute Gasteiger partial charge is 0.307 e. The number of hydrogen-bond donors (Lipinski definition) is 1. The van der Waals surface area contributed by atoms with Gasteiger partial charge in [-0.1, -0.05) is 61.0 Å². The topological polar surface area (TPSA) is 98.3 Å². The minimum atomic E-state index is -0.866. The zero-order valence-corrected chi connectivity index (χ0v) is 19.4. The Hall–Kier alpha value is -4.26. The summed E-state index contributed by atoms with van der Waals surface area (Å²) >= 11 is 0. The van der Waals surface area contributed by atoms with Gasteiger partial charge in [-0.2, -0.15) is 0 Å². The highest BCUT2D eigenvalue weighted by molar-refractivity contribution is 5.94. The number of fused-ring (bicyclic) bond motifs is 2. The van der Waals surface area contributed by atoms with Crippen molar-refractivity contribution in [3.05, 3.63) is 83.8 Å². The van der Waals surface area contributed by atoms with Crippen LogP contribution in [0.15, 0.2) is 71.4 Å². The van der Waals surface area contributed by atoms with Crippen LogP contribution in [0.4, 0.5) is 0 Å². The van der Waals surface area contributed by atoms with Crippen molar-refractivity contribution in [1.29, 1.82) is 0 Å². The molecule has 0 aliphatic rings. The molecule has 2 heterocycles. The largest absolute Gasteiger partial charge is 0.493 e. The summed E-state index contributed by atoms with van der Waals surface area (Å²) in [6, 6.07) is 19.4. The summed E-state index contributed by atoms with van der Waals surface area (Å²) in [4.78, 5) is 20.1. The van der Waals surface area contributed by atoms with Gasteiger partial charge in [-0.15, -0.1) is 0 Å². The van der Waals surface area contributed by atoms with Gasteiger partial charge in [0, 0.05) is 29.1 Å². The summed E-state index contributed by atoms with van der Waals surface area (Å²) in [5, 5.41) is 15.2. The van der Waals surface area contributed by atoms with Gasteiger partial charge in [0.1, 0.15) is 17.3 Å². The second-order valence-corrected chi connectivity index (χ2v) is 8.41. The molecule has 2 aromatic heterocycles. The van der Waals surface area contributed by atoms with Gasteiger partial charge in [0.05, 0.1) is 23.9 Å². The van der Waals surface area contributed by atoms with Crippen molar-refractivity contribution in [1.82, 2.24) is 15.1 Å². The Balaban J connectivity index is 1.35. The molecule has 0 fully saturated rings. The number of rotatable bonds is 9. The first-order valence-electron chi connectivity index (χ1n) is 11.7. The predicted molar refractivity (Wildman–Crippen MR) is 134 cm³/mol. The maximum atomic E-state index is 11.0. The molecule has 5 rings (SSSR count). The molecule has 0 bridgehead atoms. The number of hydrogen-bond acceptors (Lipinski definition) is 6. The number of aromatic nitrogens is 3. The SMILES string of the molecule is CCCc1c(OCCc2ncc3ccc(CC(=O)O)cc3n2)ccc2c(-c3ccccc3)noc12. The Kier molecular flexibility index (Phi) is 6.39. The number of ether oxygens (including phenoxy) is 1. The average Bonchev–Trinajstić information content (AvgIpc) is 3.30. The minimum absolute atomic E-state index is 0.0330. The van der Waals surface area contributed by atoms with Crippen molar-refractivity contribution >= 4 is 27.8 Å². The van der Waals surface area contributed by atoms with E-state index in [1.54, 1.807) is 18.3 Å². The number of carboxylic acids is 1. The van der Waals surface area contributed by atoms with Gasteiger partial charge in [-0.3, -0.25) is 4.79 Å². The lowest BCUT2D eigenvalue weighted by Gasteiger charge is -2.11. The Labute approximate surface area is 202 Å². The van der Waals surface area contributed by atoms with E-state index in [0.29, 0.717) is 24.4 Å². The molecule has 0 saturated heterocycles. The molecule has 176 valence electrons. The van der Waals surface area contributed by atoms with E-state index in [4.69, 9.17) is 14.4 Å². The van der Waals surface area contributed by atoms with E-state index in [1.165, 1.54) is 0 Å². The van der Waals surface area contributed by atoms with Crippen LogP contribution in [0.3, 0.4) is 0 Å². The fourth-order valence-electron chi connectivity index (χ4n) is 4.23. The fraction of sp³-hybridized carbons (Fsp3) is 0.214. The first-order chi connectivity index (χ1) is 17.1. The highest BCUT2D eigenvalue weighted by Crippen LogP contribution is 2.35. The fourth-order valence-corrected chi connectivity index (χ4v) is 4.23. The molecule has 0 spiro atoms. The maximum absolute atomic E-state index is 11.0. The molecule has 0 amide bonds. The van der Waals surface area contributed by atoms with Crippen LogP contribution < -0.4 is 4.74 Å². The van der Waals surface area contributed by atoms with E-state index >= 15 is 0 Å². The van der Waals surface area contributed by atoms with E-state index in [2.05, 4.69) is 22.0 Å². The third-order valence-corrected chi connectivity index (χ3v) is 5.88.